The molecule has 0 bridgehead atoms. The van der Waals surface area contributed by atoms with Crippen LogP contribution in [0.2, 0.25) is 0 Å². The molecule has 0 unspecified atom stereocenters. The second-order valence-electron chi connectivity index (χ2n) is 4.09. The van der Waals surface area contributed by atoms with Crippen LogP contribution in [0.5, 0.6) is 5.75 Å². The average molecular weight is 263 g/mol. The first-order valence-electron chi connectivity index (χ1n) is 4.97. The van der Waals surface area contributed by atoms with Crippen molar-refractivity contribution in [2.24, 2.45) is 0 Å². The minimum absolute atomic E-state index is 0.261. The van der Waals surface area contributed by atoms with Crippen molar-refractivity contribution >= 4 is 11.6 Å². The Hall–Kier alpha value is -1.76. The summed E-state index contributed by atoms with van der Waals surface area (Å²) >= 11 is 0. The summed E-state index contributed by atoms with van der Waals surface area (Å²) in [4.78, 5) is 11.4. The second-order valence-corrected chi connectivity index (χ2v) is 4.09. The molecule has 1 amide bonds. The third-order valence-electron chi connectivity index (χ3n) is 1.90. The molecule has 0 aliphatic heterocycles. The fourth-order valence-electron chi connectivity index (χ4n) is 1.02. The van der Waals surface area contributed by atoms with Crippen molar-refractivity contribution in [2.75, 3.05) is 5.32 Å². The summed E-state index contributed by atoms with van der Waals surface area (Å²) in [5.41, 5.74) is -1.31. The number of alkyl halides is 3. The van der Waals surface area contributed by atoms with Gasteiger partial charge in [0.05, 0.1) is 0 Å². The van der Waals surface area contributed by atoms with E-state index in [0.717, 1.165) is 12.1 Å². The SMILES string of the molecule is CC(C)(O)C(=O)Nc1ccc(OC(F)(F)F)cc1. The fourth-order valence-corrected chi connectivity index (χ4v) is 1.02. The van der Waals surface area contributed by atoms with E-state index in [0.29, 0.717) is 0 Å². The Balaban J connectivity index is 2.70. The van der Waals surface area contributed by atoms with Crippen LogP contribution in [0.1, 0.15) is 13.8 Å². The van der Waals surface area contributed by atoms with E-state index in [4.69, 9.17) is 0 Å². The largest absolute Gasteiger partial charge is 0.573 e. The molecule has 1 aromatic rings. The maximum absolute atomic E-state index is 11.9. The van der Waals surface area contributed by atoms with Crippen molar-refractivity contribution < 1.29 is 27.8 Å². The van der Waals surface area contributed by atoms with Crippen LogP contribution in [0, 0.1) is 0 Å². The van der Waals surface area contributed by atoms with Crippen LogP contribution < -0.4 is 10.1 Å². The van der Waals surface area contributed by atoms with Crippen LogP contribution in [0.15, 0.2) is 24.3 Å². The van der Waals surface area contributed by atoms with Gasteiger partial charge < -0.3 is 15.2 Å². The van der Waals surface area contributed by atoms with E-state index in [1.54, 1.807) is 0 Å². The number of carbonyl (C=O) groups is 1. The van der Waals surface area contributed by atoms with Crippen molar-refractivity contribution in [3.05, 3.63) is 24.3 Å². The standard InChI is InChI=1S/C11H12F3NO3/c1-10(2,17)9(16)15-7-3-5-8(6-4-7)18-11(12,13)14/h3-6,17H,1-2H3,(H,15,16). The Kier molecular flexibility index (Phi) is 3.85. The van der Waals surface area contributed by atoms with Crippen LogP contribution in [-0.4, -0.2) is 23.0 Å². The summed E-state index contributed by atoms with van der Waals surface area (Å²) in [7, 11) is 0. The lowest BCUT2D eigenvalue weighted by Gasteiger charge is -2.16. The van der Waals surface area contributed by atoms with Gasteiger partial charge in [-0.2, -0.15) is 0 Å². The Labute approximate surface area is 101 Å². The zero-order chi connectivity index (χ0) is 14.0. The molecular weight excluding hydrogens is 251 g/mol. The molecule has 2 N–H and O–H groups in total. The molecule has 0 atom stereocenters. The number of halogens is 3. The van der Waals surface area contributed by atoms with Crippen LogP contribution in [0.4, 0.5) is 18.9 Å². The quantitative estimate of drug-likeness (QED) is 0.879. The first-order chi connectivity index (χ1) is 8.08. The molecule has 0 aliphatic rings. The maximum atomic E-state index is 11.9. The molecule has 7 heteroatoms. The third kappa shape index (κ3) is 4.62. The van der Waals surface area contributed by atoms with E-state index in [1.165, 1.54) is 26.0 Å². The molecule has 0 radical (unpaired) electrons. The van der Waals surface area contributed by atoms with E-state index >= 15 is 0 Å². The number of rotatable bonds is 3. The second kappa shape index (κ2) is 4.85. The lowest BCUT2D eigenvalue weighted by molar-refractivity contribution is -0.274. The van der Waals surface area contributed by atoms with Gasteiger partial charge in [-0.05, 0) is 38.1 Å². The summed E-state index contributed by atoms with van der Waals surface area (Å²) in [6.45, 7) is 2.59. The molecule has 0 spiro atoms. The van der Waals surface area contributed by atoms with Crippen LogP contribution in [0.3, 0.4) is 0 Å². The monoisotopic (exact) mass is 263 g/mol. The Morgan fingerprint density at radius 2 is 1.72 bits per heavy atom. The summed E-state index contributed by atoms with van der Waals surface area (Å²) in [5, 5.41) is 11.7. The minimum Gasteiger partial charge on any atom is -0.406 e. The van der Waals surface area contributed by atoms with Crippen LogP contribution in [0.25, 0.3) is 0 Å². The van der Waals surface area contributed by atoms with Crippen molar-refractivity contribution in [3.8, 4) is 5.75 Å². The number of hydrogen-bond donors (Lipinski definition) is 2. The highest BCUT2D eigenvalue weighted by Crippen LogP contribution is 2.24. The van der Waals surface area contributed by atoms with Gasteiger partial charge in [-0.15, -0.1) is 13.2 Å². The molecule has 0 fully saturated rings. The van der Waals surface area contributed by atoms with E-state index in [2.05, 4.69) is 10.1 Å². The van der Waals surface area contributed by atoms with Gasteiger partial charge in [-0.25, -0.2) is 0 Å². The molecule has 0 heterocycles. The number of amides is 1. The lowest BCUT2D eigenvalue weighted by atomic mass is 10.1. The predicted octanol–water partition coefficient (Wildman–Crippen LogP) is 2.29. The number of hydrogen-bond acceptors (Lipinski definition) is 3. The van der Waals surface area contributed by atoms with Gasteiger partial charge in [0.1, 0.15) is 11.4 Å². The molecule has 18 heavy (non-hydrogen) atoms. The fraction of sp³-hybridized carbons (Fsp3) is 0.364. The zero-order valence-electron chi connectivity index (χ0n) is 9.71. The molecule has 0 saturated carbocycles. The number of nitrogens with one attached hydrogen (secondary N) is 1. The topological polar surface area (TPSA) is 58.6 Å². The molecule has 100 valence electrons. The van der Waals surface area contributed by atoms with Gasteiger partial charge in [0.25, 0.3) is 5.91 Å². The molecule has 0 aliphatic carbocycles. The van der Waals surface area contributed by atoms with E-state index < -0.39 is 17.9 Å². The third-order valence-corrected chi connectivity index (χ3v) is 1.90. The van der Waals surface area contributed by atoms with Crippen molar-refractivity contribution in [2.45, 2.75) is 25.8 Å². The van der Waals surface area contributed by atoms with Crippen molar-refractivity contribution in [1.29, 1.82) is 0 Å². The summed E-state index contributed by atoms with van der Waals surface area (Å²) in [6.07, 6.45) is -4.75. The number of ether oxygens (including phenoxy) is 1. The van der Waals surface area contributed by atoms with Crippen molar-refractivity contribution in [1.82, 2.24) is 0 Å². The molecule has 4 nitrogen and oxygen atoms in total. The Morgan fingerprint density at radius 1 is 1.22 bits per heavy atom. The predicted molar refractivity (Wildman–Crippen MR) is 58.1 cm³/mol. The number of aliphatic hydroxyl groups is 1. The summed E-state index contributed by atoms with van der Waals surface area (Å²) in [6, 6.07) is 4.61. The summed E-state index contributed by atoms with van der Waals surface area (Å²) < 4.78 is 39.3. The van der Waals surface area contributed by atoms with Crippen LogP contribution >= 0.6 is 0 Å². The number of benzene rings is 1. The zero-order valence-corrected chi connectivity index (χ0v) is 9.71. The van der Waals surface area contributed by atoms with E-state index in [-0.39, 0.29) is 11.4 Å². The van der Waals surface area contributed by atoms with Gasteiger partial charge in [-0.1, -0.05) is 0 Å². The normalized spacial score (nSPS) is 12.1. The Morgan fingerprint density at radius 3 is 2.11 bits per heavy atom. The van der Waals surface area contributed by atoms with E-state index in [9.17, 15) is 23.1 Å². The molecule has 1 aromatic carbocycles. The highest BCUT2D eigenvalue weighted by molar-refractivity contribution is 5.96. The van der Waals surface area contributed by atoms with Crippen LogP contribution in [-0.2, 0) is 4.79 Å². The van der Waals surface area contributed by atoms with Gasteiger partial charge in [0.15, 0.2) is 0 Å². The Bertz CT molecular complexity index is 421. The maximum Gasteiger partial charge on any atom is 0.573 e. The summed E-state index contributed by atoms with van der Waals surface area (Å²) in [5.74, 6) is -1.05. The molecular formula is C11H12F3NO3. The lowest BCUT2D eigenvalue weighted by Crippen LogP contribution is -2.36. The highest BCUT2D eigenvalue weighted by atomic mass is 19.4. The molecule has 0 aromatic heterocycles. The highest BCUT2D eigenvalue weighted by Gasteiger charge is 2.31. The van der Waals surface area contributed by atoms with Gasteiger partial charge in [-0.3, -0.25) is 4.79 Å². The first-order valence-corrected chi connectivity index (χ1v) is 4.97. The number of anilines is 1. The van der Waals surface area contributed by atoms with E-state index in [1.807, 2.05) is 0 Å². The first kappa shape index (κ1) is 14.3. The smallest absolute Gasteiger partial charge is 0.406 e. The van der Waals surface area contributed by atoms with Gasteiger partial charge in [0, 0.05) is 5.69 Å². The number of carbonyl (C=O) groups excluding carboxylic acids is 1. The minimum atomic E-state index is -4.75. The van der Waals surface area contributed by atoms with Gasteiger partial charge in [0.2, 0.25) is 0 Å². The van der Waals surface area contributed by atoms with Crippen molar-refractivity contribution in [3.63, 3.8) is 0 Å². The molecule has 1 rings (SSSR count). The average Bonchev–Trinajstić information content (AvgIpc) is 2.17. The van der Waals surface area contributed by atoms with Gasteiger partial charge >= 0.3 is 6.36 Å². The molecule has 0 saturated heterocycles.